The second kappa shape index (κ2) is 11.9. The zero-order valence-corrected chi connectivity index (χ0v) is 19.5. The monoisotopic (exact) mass is 505 g/mol. The molecule has 0 saturated carbocycles. The van der Waals surface area contributed by atoms with E-state index in [1.807, 2.05) is 19.1 Å². The fraction of sp³-hybridized carbons (Fsp3) is 0.421. The van der Waals surface area contributed by atoms with Crippen molar-refractivity contribution in [2.75, 3.05) is 39.7 Å². The van der Waals surface area contributed by atoms with Gasteiger partial charge >= 0.3 is 0 Å². The molecule has 0 spiro atoms. The van der Waals surface area contributed by atoms with Crippen LogP contribution >= 0.6 is 35.3 Å². The van der Waals surface area contributed by atoms with E-state index in [9.17, 15) is 0 Å². The number of thiophene rings is 1. The van der Waals surface area contributed by atoms with Crippen molar-refractivity contribution in [2.24, 2.45) is 4.99 Å². The molecule has 1 atom stereocenters. The molecule has 0 radical (unpaired) electrons. The summed E-state index contributed by atoms with van der Waals surface area (Å²) in [6.07, 6.45) is 0. The number of halogens is 1. The molecule has 1 heterocycles. The van der Waals surface area contributed by atoms with E-state index >= 15 is 0 Å². The van der Waals surface area contributed by atoms with Gasteiger partial charge in [-0.3, -0.25) is 4.99 Å². The van der Waals surface area contributed by atoms with Gasteiger partial charge in [0.1, 0.15) is 0 Å². The summed E-state index contributed by atoms with van der Waals surface area (Å²) in [4.78, 5) is 6.04. The lowest BCUT2D eigenvalue weighted by Gasteiger charge is -2.17. The molecule has 2 rings (SSSR count). The fourth-order valence-corrected chi connectivity index (χ4v) is 3.27. The van der Waals surface area contributed by atoms with Crippen molar-refractivity contribution in [2.45, 2.75) is 19.8 Å². The van der Waals surface area contributed by atoms with Gasteiger partial charge < -0.3 is 24.8 Å². The third-order valence-electron chi connectivity index (χ3n) is 3.82. The zero-order valence-electron chi connectivity index (χ0n) is 16.4. The Kier molecular flexibility index (Phi) is 10.3. The highest BCUT2D eigenvalue weighted by Gasteiger charge is 2.14. The van der Waals surface area contributed by atoms with Crippen LogP contribution in [0.25, 0.3) is 0 Å². The first-order valence-electron chi connectivity index (χ1n) is 8.51. The lowest BCUT2D eigenvalue weighted by molar-refractivity contribution is 0.324. The molecule has 0 saturated heterocycles. The molecular formula is C19H28IN3O3S. The molecule has 150 valence electrons. The largest absolute Gasteiger partial charge is 0.493 e. The van der Waals surface area contributed by atoms with Crippen molar-refractivity contribution < 1.29 is 14.2 Å². The van der Waals surface area contributed by atoms with E-state index in [-0.39, 0.29) is 24.0 Å². The van der Waals surface area contributed by atoms with Crippen LogP contribution in [0.4, 0.5) is 5.69 Å². The van der Waals surface area contributed by atoms with E-state index < -0.39 is 0 Å². The van der Waals surface area contributed by atoms with E-state index in [1.165, 1.54) is 4.88 Å². The highest BCUT2D eigenvalue weighted by molar-refractivity contribution is 14.0. The first-order valence-corrected chi connectivity index (χ1v) is 9.39. The first kappa shape index (κ1) is 23.4. The van der Waals surface area contributed by atoms with E-state index in [0.29, 0.717) is 35.7 Å². The second-order valence-electron chi connectivity index (χ2n) is 5.68. The number of hydrogen-bond donors (Lipinski definition) is 2. The number of nitrogens with one attached hydrogen (secondary N) is 2. The molecule has 1 aromatic carbocycles. The van der Waals surface area contributed by atoms with Crippen LogP contribution in [-0.2, 0) is 0 Å². The Morgan fingerprint density at radius 2 is 1.81 bits per heavy atom. The van der Waals surface area contributed by atoms with Crippen molar-refractivity contribution in [3.8, 4) is 17.2 Å². The number of anilines is 1. The van der Waals surface area contributed by atoms with Gasteiger partial charge in [0.15, 0.2) is 17.5 Å². The molecule has 27 heavy (non-hydrogen) atoms. The molecule has 8 heteroatoms. The minimum Gasteiger partial charge on any atom is -0.493 e. The van der Waals surface area contributed by atoms with Crippen LogP contribution in [0.2, 0.25) is 0 Å². The van der Waals surface area contributed by atoms with Crippen LogP contribution in [0.15, 0.2) is 34.6 Å². The van der Waals surface area contributed by atoms with Gasteiger partial charge in [-0.05, 0) is 18.4 Å². The van der Waals surface area contributed by atoms with Gasteiger partial charge in [-0.25, -0.2) is 0 Å². The Hall–Kier alpha value is -1.68. The second-order valence-corrected chi connectivity index (χ2v) is 6.65. The first-order chi connectivity index (χ1) is 12.6. The predicted molar refractivity (Wildman–Crippen MR) is 124 cm³/mol. The number of nitrogens with zero attached hydrogens (tertiary/aromatic N) is 1. The minimum absolute atomic E-state index is 0. The van der Waals surface area contributed by atoms with Gasteiger partial charge in [0, 0.05) is 35.2 Å². The molecular weight excluding hydrogens is 477 g/mol. The SMILES string of the molecule is CCNC(=NCC(C)c1cccs1)Nc1cc(OC)c(OC)c(OC)c1.I. The summed E-state index contributed by atoms with van der Waals surface area (Å²) in [5, 5.41) is 8.66. The van der Waals surface area contributed by atoms with E-state index in [0.717, 1.165) is 12.2 Å². The minimum atomic E-state index is 0. The molecule has 0 bridgehead atoms. The maximum Gasteiger partial charge on any atom is 0.203 e. The summed E-state index contributed by atoms with van der Waals surface area (Å²) < 4.78 is 16.2. The number of aliphatic imine (C=N–C) groups is 1. The maximum absolute atomic E-state index is 5.40. The Morgan fingerprint density at radius 3 is 2.30 bits per heavy atom. The number of benzene rings is 1. The zero-order chi connectivity index (χ0) is 18.9. The van der Waals surface area contributed by atoms with Crippen LogP contribution < -0.4 is 24.8 Å². The highest BCUT2D eigenvalue weighted by atomic mass is 127. The summed E-state index contributed by atoms with van der Waals surface area (Å²) in [6.45, 7) is 5.68. The summed E-state index contributed by atoms with van der Waals surface area (Å²) in [5.74, 6) is 2.83. The summed E-state index contributed by atoms with van der Waals surface area (Å²) in [7, 11) is 4.79. The predicted octanol–water partition coefficient (Wildman–Crippen LogP) is 4.57. The van der Waals surface area contributed by atoms with Crippen molar-refractivity contribution in [3.05, 3.63) is 34.5 Å². The van der Waals surface area contributed by atoms with E-state index in [4.69, 9.17) is 19.2 Å². The van der Waals surface area contributed by atoms with Crippen LogP contribution in [0.1, 0.15) is 24.6 Å². The van der Waals surface area contributed by atoms with Gasteiger partial charge in [-0.2, -0.15) is 0 Å². The summed E-state index contributed by atoms with van der Waals surface area (Å²) in [5.41, 5.74) is 0.808. The standard InChI is InChI=1S/C19H27N3O3S.HI/c1-6-20-19(21-12-13(2)17-8-7-9-26-17)22-14-10-15(23-3)18(25-5)16(11-14)24-4;/h7-11,13H,6,12H2,1-5H3,(H2,20,21,22);1H. The van der Waals surface area contributed by atoms with Crippen LogP contribution in [0.3, 0.4) is 0 Å². The maximum atomic E-state index is 5.40. The van der Waals surface area contributed by atoms with Crippen molar-refractivity contribution in [1.29, 1.82) is 0 Å². The van der Waals surface area contributed by atoms with Gasteiger partial charge in [-0.15, -0.1) is 35.3 Å². The summed E-state index contributed by atoms with van der Waals surface area (Å²) >= 11 is 1.76. The molecule has 0 aliphatic carbocycles. The van der Waals surface area contributed by atoms with Crippen LogP contribution in [-0.4, -0.2) is 40.4 Å². The van der Waals surface area contributed by atoms with Gasteiger partial charge in [-0.1, -0.05) is 13.0 Å². The Balaban J connectivity index is 0.00000364. The van der Waals surface area contributed by atoms with Gasteiger partial charge in [0.2, 0.25) is 5.75 Å². The fourth-order valence-electron chi connectivity index (χ4n) is 2.49. The number of guanidine groups is 1. The Labute approximate surface area is 182 Å². The lowest BCUT2D eigenvalue weighted by atomic mass is 10.1. The topological polar surface area (TPSA) is 64.1 Å². The normalized spacial score (nSPS) is 12.0. The van der Waals surface area contributed by atoms with Crippen molar-refractivity contribution in [1.82, 2.24) is 5.32 Å². The number of hydrogen-bond acceptors (Lipinski definition) is 5. The Morgan fingerprint density at radius 1 is 1.15 bits per heavy atom. The van der Waals surface area contributed by atoms with E-state index in [2.05, 4.69) is 35.1 Å². The lowest BCUT2D eigenvalue weighted by Crippen LogP contribution is -2.31. The quantitative estimate of drug-likeness (QED) is 0.313. The number of rotatable bonds is 8. The molecule has 1 aromatic heterocycles. The van der Waals surface area contributed by atoms with Crippen LogP contribution in [0, 0.1) is 0 Å². The Bertz CT molecular complexity index is 698. The van der Waals surface area contributed by atoms with Crippen molar-refractivity contribution in [3.63, 3.8) is 0 Å². The summed E-state index contributed by atoms with van der Waals surface area (Å²) in [6, 6.07) is 7.93. The molecule has 0 aliphatic heterocycles. The number of ether oxygens (including phenoxy) is 3. The average molecular weight is 505 g/mol. The smallest absolute Gasteiger partial charge is 0.203 e. The van der Waals surface area contributed by atoms with Gasteiger partial charge in [0.05, 0.1) is 27.9 Å². The number of methoxy groups -OCH3 is 3. The third-order valence-corrected chi connectivity index (χ3v) is 4.93. The van der Waals surface area contributed by atoms with E-state index in [1.54, 1.807) is 32.7 Å². The third kappa shape index (κ3) is 6.46. The van der Waals surface area contributed by atoms with Crippen LogP contribution in [0.5, 0.6) is 17.2 Å². The molecule has 0 fully saturated rings. The molecule has 1 unspecified atom stereocenters. The van der Waals surface area contributed by atoms with Gasteiger partial charge in [0.25, 0.3) is 0 Å². The molecule has 2 aromatic rings. The van der Waals surface area contributed by atoms with Crippen molar-refractivity contribution >= 4 is 47.0 Å². The molecule has 2 N–H and O–H groups in total. The molecule has 6 nitrogen and oxygen atoms in total. The molecule has 0 amide bonds. The highest BCUT2D eigenvalue weighted by Crippen LogP contribution is 2.39. The molecule has 0 aliphatic rings. The average Bonchev–Trinajstić information content (AvgIpc) is 3.20.